The van der Waals surface area contributed by atoms with Gasteiger partial charge in [0.25, 0.3) is 0 Å². The van der Waals surface area contributed by atoms with E-state index in [2.05, 4.69) is 12.2 Å². The molecule has 0 heterocycles. The van der Waals surface area contributed by atoms with E-state index in [1.807, 2.05) is 24.3 Å². The molecule has 0 saturated carbocycles. The van der Waals surface area contributed by atoms with Gasteiger partial charge in [-0.3, -0.25) is 0 Å². The average molecular weight is 345 g/mol. The lowest BCUT2D eigenvalue weighted by Gasteiger charge is -2.14. The van der Waals surface area contributed by atoms with Gasteiger partial charge in [0.1, 0.15) is 5.75 Å². The lowest BCUT2D eigenvalue weighted by atomic mass is 10.2. The Morgan fingerprint density at radius 2 is 1.71 bits per heavy atom. The number of hydrogen-bond acceptors (Lipinski definition) is 2. The van der Waals surface area contributed by atoms with Crippen LogP contribution in [0.15, 0.2) is 36.4 Å². The highest BCUT2D eigenvalue weighted by Crippen LogP contribution is 2.33. The van der Waals surface area contributed by atoms with E-state index in [1.54, 1.807) is 12.1 Å². The van der Waals surface area contributed by atoms with Crippen LogP contribution in [0.25, 0.3) is 0 Å². The van der Waals surface area contributed by atoms with Gasteiger partial charge in [-0.05, 0) is 30.7 Å². The van der Waals surface area contributed by atoms with Crippen molar-refractivity contribution in [2.45, 2.75) is 19.9 Å². The zero-order chi connectivity index (χ0) is 15.2. The van der Waals surface area contributed by atoms with Crippen molar-refractivity contribution < 1.29 is 4.74 Å². The topological polar surface area (TPSA) is 21.3 Å². The quantitative estimate of drug-likeness (QED) is 0.644. The molecule has 0 atom stereocenters. The fraction of sp³-hybridized carbons (Fsp3) is 0.250. The molecular weight excluding hydrogens is 329 g/mol. The summed E-state index contributed by atoms with van der Waals surface area (Å²) in [4.78, 5) is 0. The van der Waals surface area contributed by atoms with Crippen LogP contribution in [0.1, 0.15) is 18.9 Å². The van der Waals surface area contributed by atoms with Crippen molar-refractivity contribution in [3.63, 3.8) is 0 Å². The maximum Gasteiger partial charge on any atom is 0.142 e. The van der Waals surface area contributed by atoms with Gasteiger partial charge in [-0.2, -0.15) is 0 Å². The first kappa shape index (κ1) is 16.3. The number of benzene rings is 2. The minimum absolute atomic E-state index is 0.476. The molecule has 5 heteroatoms. The molecule has 0 aliphatic carbocycles. The highest BCUT2D eigenvalue weighted by molar-refractivity contribution is 6.44. The van der Waals surface area contributed by atoms with Gasteiger partial charge in [-0.15, -0.1) is 0 Å². The van der Waals surface area contributed by atoms with Crippen LogP contribution in [0, 0.1) is 0 Å². The van der Waals surface area contributed by atoms with Crippen LogP contribution in [0.4, 0.5) is 5.69 Å². The van der Waals surface area contributed by atoms with Gasteiger partial charge in [0.2, 0.25) is 0 Å². The number of halogens is 3. The van der Waals surface area contributed by atoms with Crippen LogP contribution in [-0.4, -0.2) is 6.61 Å². The molecule has 2 rings (SSSR count). The zero-order valence-corrected chi connectivity index (χ0v) is 13.9. The van der Waals surface area contributed by atoms with Gasteiger partial charge in [-0.1, -0.05) is 53.9 Å². The van der Waals surface area contributed by atoms with Gasteiger partial charge >= 0.3 is 0 Å². The maximum atomic E-state index is 6.20. The molecule has 2 aromatic rings. The van der Waals surface area contributed by atoms with Crippen LogP contribution in [0.5, 0.6) is 5.75 Å². The molecule has 0 fully saturated rings. The number of hydrogen-bond donors (Lipinski definition) is 1. The summed E-state index contributed by atoms with van der Waals surface area (Å²) >= 11 is 18.4. The van der Waals surface area contributed by atoms with Crippen molar-refractivity contribution in [1.29, 1.82) is 0 Å². The number of nitrogens with one attached hydrogen (secondary N) is 1. The molecule has 0 spiro atoms. The fourth-order valence-electron chi connectivity index (χ4n) is 1.87. The molecular formula is C16H16Cl3NO. The summed E-state index contributed by atoms with van der Waals surface area (Å²) in [6, 6.07) is 11.2. The molecule has 0 aromatic heterocycles. The second kappa shape index (κ2) is 7.79. The second-order valence-electron chi connectivity index (χ2n) is 4.52. The molecule has 112 valence electrons. The molecule has 0 unspecified atom stereocenters. The van der Waals surface area contributed by atoms with E-state index in [0.29, 0.717) is 28.2 Å². The predicted molar refractivity (Wildman–Crippen MR) is 91.0 cm³/mol. The van der Waals surface area contributed by atoms with E-state index in [-0.39, 0.29) is 0 Å². The largest absolute Gasteiger partial charge is 0.491 e. The molecule has 0 saturated heterocycles. The molecule has 0 radical (unpaired) electrons. The third-order valence-corrected chi connectivity index (χ3v) is 4.14. The Balaban J connectivity index is 2.15. The highest BCUT2D eigenvalue weighted by Gasteiger charge is 2.10. The van der Waals surface area contributed by atoms with Crippen molar-refractivity contribution in [1.82, 2.24) is 0 Å². The number of rotatable bonds is 6. The third-order valence-electron chi connectivity index (χ3n) is 2.94. The first-order valence-electron chi connectivity index (χ1n) is 6.71. The van der Waals surface area contributed by atoms with Crippen molar-refractivity contribution in [3.05, 3.63) is 57.0 Å². The Bertz CT molecular complexity index is 616. The molecule has 2 nitrogen and oxygen atoms in total. The van der Waals surface area contributed by atoms with Crippen LogP contribution in [0.2, 0.25) is 15.1 Å². The Labute approximate surface area is 140 Å². The SMILES string of the molecule is CCCOc1ccccc1NCc1c(Cl)ccc(Cl)c1Cl. The predicted octanol–water partition coefficient (Wildman–Crippen LogP) is 6.05. The minimum atomic E-state index is 0.476. The van der Waals surface area contributed by atoms with Gasteiger partial charge in [0.05, 0.1) is 22.3 Å². The van der Waals surface area contributed by atoms with E-state index in [9.17, 15) is 0 Å². The Morgan fingerprint density at radius 1 is 1.00 bits per heavy atom. The summed E-state index contributed by atoms with van der Waals surface area (Å²) in [6.45, 7) is 3.23. The van der Waals surface area contributed by atoms with E-state index in [0.717, 1.165) is 23.4 Å². The van der Waals surface area contributed by atoms with E-state index in [4.69, 9.17) is 39.5 Å². The van der Waals surface area contributed by atoms with Crippen molar-refractivity contribution in [3.8, 4) is 5.75 Å². The molecule has 1 N–H and O–H groups in total. The normalized spacial score (nSPS) is 10.5. The molecule has 0 aliphatic heterocycles. The monoisotopic (exact) mass is 343 g/mol. The Kier molecular flexibility index (Phi) is 6.04. The Hall–Kier alpha value is -1.09. The fourth-order valence-corrected chi connectivity index (χ4v) is 2.55. The van der Waals surface area contributed by atoms with E-state index >= 15 is 0 Å². The summed E-state index contributed by atoms with van der Waals surface area (Å²) in [6.07, 6.45) is 0.959. The highest BCUT2D eigenvalue weighted by atomic mass is 35.5. The molecule has 0 aliphatic rings. The number of para-hydroxylation sites is 2. The maximum absolute atomic E-state index is 6.20. The molecule has 0 bridgehead atoms. The smallest absolute Gasteiger partial charge is 0.142 e. The van der Waals surface area contributed by atoms with Crippen LogP contribution >= 0.6 is 34.8 Å². The van der Waals surface area contributed by atoms with E-state index in [1.165, 1.54) is 0 Å². The average Bonchev–Trinajstić information content (AvgIpc) is 2.50. The Morgan fingerprint density at radius 3 is 2.48 bits per heavy atom. The van der Waals surface area contributed by atoms with Gasteiger partial charge in [0, 0.05) is 17.1 Å². The van der Waals surface area contributed by atoms with Crippen LogP contribution < -0.4 is 10.1 Å². The first-order chi connectivity index (χ1) is 10.1. The van der Waals surface area contributed by atoms with Crippen LogP contribution in [-0.2, 0) is 6.54 Å². The summed E-state index contributed by atoms with van der Waals surface area (Å²) in [5.41, 5.74) is 1.68. The van der Waals surface area contributed by atoms with Gasteiger partial charge in [0.15, 0.2) is 0 Å². The zero-order valence-electron chi connectivity index (χ0n) is 11.6. The van der Waals surface area contributed by atoms with Crippen LogP contribution in [0.3, 0.4) is 0 Å². The number of anilines is 1. The lowest BCUT2D eigenvalue weighted by molar-refractivity contribution is 0.319. The van der Waals surface area contributed by atoms with Crippen molar-refractivity contribution in [2.75, 3.05) is 11.9 Å². The van der Waals surface area contributed by atoms with E-state index < -0.39 is 0 Å². The van der Waals surface area contributed by atoms with Gasteiger partial charge < -0.3 is 10.1 Å². The summed E-state index contributed by atoms with van der Waals surface area (Å²) in [5.74, 6) is 0.814. The molecule has 0 amide bonds. The minimum Gasteiger partial charge on any atom is -0.491 e. The standard InChI is InChI=1S/C16H16Cl3NO/c1-2-9-21-15-6-4-3-5-14(15)20-10-11-12(17)7-8-13(18)16(11)19/h3-8,20H,2,9-10H2,1H3. The third kappa shape index (κ3) is 4.19. The van der Waals surface area contributed by atoms with Gasteiger partial charge in [-0.25, -0.2) is 0 Å². The first-order valence-corrected chi connectivity index (χ1v) is 7.85. The summed E-state index contributed by atoms with van der Waals surface area (Å²) in [7, 11) is 0. The summed E-state index contributed by atoms with van der Waals surface area (Å²) < 4.78 is 5.70. The van der Waals surface area contributed by atoms with Crippen molar-refractivity contribution in [2.24, 2.45) is 0 Å². The molecule has 21 heavy (non-hydrogen) atoms. The molecule has 2 aromatic carbocycles. The number of ether oxygens (including phenoxy) is 1. The second-order valence-corrected chi connectivity index (χ2v) is 5.71. The lowest BCUT2D eigenvalue weighted by Crippen LogP contribution is -2.04. The summed E-state index contributed by atoms with van der Waals surface area (Å²) in [5, 5.41) is 4.85. The van der Waals surface area contributed by atoms with Crippen molar-refractivity contribution >= 4 is 40.5 Å².